The Labute approximate surface area is 124 Å². The highest BCUT2D eigenvalue weighted by molar-refractivity contribution is 6.22. The zero-order chi connectivity index (χ0) is 16.4. The topological polar surface area (TPSA) is 83.6 Å². The molecule has 0 spiro atoms. The van der Waals surface area contributed by atoms with Crippen molar-refractivity contribution in [3.8, 4) is 0 Å². The normalized spacial score (nSPS) is 14.8. The molecule has 0 aliphatic carbocycles. The van der Waals surface area contributed by atoms with Crippen molar-refractivity contribution >= 4 is 24.0 Å². The molecule has 1 aromatic rings. The molecule has 1 heterocycles. The van der Waals surface area contributed by atoms with Gasteiger partial charge in [-0.15, -0.1) is 0 Å². The van der Waals surface area contributed by atoms with Gasteiger partial charge in [0, 0.05) is 13.5 Å². The molecule has 0 saturated carbocycles. The number of nitrogens with zero attached hydrogens (tertiary/aromatic N) is 1. The summed E-state index contributed by atoms with van der Waals surface area (Å²) >= 11 is 0. The molecule has 2 rings (SSSR count). The number of carbonyl (C=O) groups excluding carboxylic acids is 4. The van der Waals surface area contributed by atoms with Crippen LogP contribution in [-0.4, -0.2) is 42.0 Å². The van der Waals surface area contributed by atoms with E-state index in [9.17, 15) is 28.0 Å². The molecule has 8 heteroatoms. The van der Waals surface area contributed by atoms with Crippen molar-refractivity contribution in [3.63, 3.8) is 0 Å². The first-order valence-corrected chi connectivity index (χ1v) is 6.43. The van der Waals surface area contributed by atoms with Crippen LogP contribution in [0, 0.1) is 11.6 Å². The minimum atomic E-state index is -1.25. The molecule has 0 saturated heterocycles. The minimum absolute atomic E-state index is 0.0698. The third-order valence-electron chi connectivity index (χ3n) is 3.39. The molecule has 0 aromatic heterocycles. The third-order valence-corrected chi connectivity index (χ3v) is 3.39. The van der Waals surface area contributed by atoms with E-state index >= 15 is 0 Å². The summed E-state index contributed by atoms with van der Waals surface area (Å²) in [6, 6.07) is 0.0904. The van der Waals surface area contributed by atoms with E-state index in [0.29, 0.717) is 23.3 Å². The average Bonchev–Trinajstić information content (AvgIpc) is 2.73. The van der Waals surface area contributed by atoms with Crippen LogP contribution in [0.25, 0.3) is 0 Å². The zero-order valence-corrected chi connectivity index (χ0v) is 11.6. The first-order chi connectivity index (χ1) is 10.4. The van der Waals surface area contributed by atoms with E-state index in [1.54, 1.807) is 0 Å². The van der Waals surface area contributed by atoms with E-state index in [4.69, 9.17) is 0 Å². The number of amides is 3. The van der Waals surface area contributed by atoms with Gasteiger partial charge in [0.05, 0.1) is 17.2 Å². The summed E-state index contributed by atoms with van der Waals surface area (Å²) in [6.45, 7) is 0. The van der Waals surface area contributed by atoms with Gasteiger partial charge in [0.15, 0.2) is 11.6 Å². The van der Waals surface area contributed by atoms with E-state index in [0.717, 1.165) is 0 Å². The Morgan fingerprint density at radius 2 is 1.73 bits per heavy atom. The van der Waals surface area contributed by atoms with Gasteiger partial charge in [0.2, 0.25) is 5.91 Å². The highest BCUT2D eigenvalue weighted by atomic mass is 19.2. The van der Waals surface area contributed by atoms with Gasteiger partial charge in [0.1, 0.15) is 6.29 Å². The van der Waals surface area contributed by atoms with Crippen LogP contribution >= 0.6 is 0 Å². The van der Waals surface area contributed by atoms with E-state index in [1.165, 1.54) is 7.05 Å². The maximum Gasteiger partial charge on any atom is 0.262 e. The predicted octanol–water partition coefficient (Wildman–Crippen LogP) is 0.654. The van der Waals surface area contributed by atoms with Gasteiger partial charge in [-0.1, -0.05) is 0 Å². The molecule has 6 nitrogen and oxygen atoms in total. The maximum absolute atomic E-state index is 13.2. The standard InChI is InChI=1S/C14H12F2N2O4/c1-17-12(20)3-2-7(6-19)18-13(21)8-4-10(15)11(16)5-9(8)14(18)22/h4-7H,2-3H2,1H3,(H,17,20). The van der Waals surface area contributed by atoms with E-state index in [1.807, 2.05) is 0 Å². The van der Waals surface area contributed by atoms with Crippen LogP contribution in [0.1, 0.15) is 33.6 Å². The SMILES string of the molecule is CNC(=O)CCC(C=O)N1C(=O)c2cc(F)c(F)cc2C1=O. The Bertz CT molecular complexity index is 634. The molecular weight excluding hydrogens is 298 g/mol. The number of carbonyl (C=O) groups is 4. The van der Waals surface area contributed by atoms with Gasteiger partial charge in [-0.2, -0.15) is 0 Å². The Morgan fingerprint density at radius 1 is 1.23 bits per heavy atom. The molecule has 0 bridgehead atoms. The molecule has 1 unspecified atom stereocenters. The van der Waals surface area contributed by atoms with Crippen LogP contribution in [0.3, 0.4) is 0 Å². The summed E-state index contributed by atoms with van der Waals surface area (Å²) in [7, 11) is 1.41. The van der Waals surface area contributed by atoms with Crippen LogP contribution in [0.5, 0.6) is 0 Å². The van der Waals surface area contributed by atoms with Crippen molar-refractivity contribution in [2.24, 2.45) is 0 Å². The molecule has 1 aliphatic rings. The second kappa shape index (κ2) is 6.00. The third kappa shape index (κ3) is 2.59. The smallest absolute Gasteiger partial charge is 0.262 e. The fraction of sp³-hybridized carbons (Fsp3) is 0.286. The summed E-state index contributed by atoms with van der Waals surface area (Å²) in [5.74, 6) is -4.63. The summed E-state index contributed by atoms with van der Waals surface area (Å²) in [5, 5.41) is 2.35. The highest BCUT2D eigenvalue weighted by Gasteiger charge is 2.40. The van der Waals surface area contributed by atoms with E-state index < -0.39 is 29.5 Å². The van der Waals surface area contributed by atoms with E-state index in [-0.39, 0.29) is 29.9 Å². The van der Waals surface area contributed by atoms with Crippen molar-refractivity contribution in [3.05, 3.63) is 34.9 Å². The van der Waals surface area contributed by atoms with Gasteiger partial charge in [-0.25, -0.2) is 8.78 Å². The van der Waals surface area contributed by atoms with Crippen molar-refractivity contribution in [2.45, 2.75) is 18.9 Å². The molecular formula is C14H12F2N2O4. The van der Waals surface area contributed by atoms with Crippen molar-refractivity contribution < 1.29 is 28.0 Å². The first-order valence-electron chi connectivity index (χ1n) is 6.43. The number of rotatable bonds is 5. The van der Waals surface area contributed by atoms with Gasteiger partial charge < -0.3 is 10.1 Å². The largest absolute Gasteiger partial charge is 0.359 e. The maximum atomic E-state index is 13.2. The second-order valence-corrected chi connectivity index (χ2v) is 4.71. The Hall–Kier alpha value is -2.64. The number of hydrogen-bond donors (Lipinski definition) is 1. The second-order valence-electron chi connectivity index (χ2n) is 4.71. The average molecular weight is 310 g/mol. The fourth-order valence-corrected chi connectivity index (χ4v) is 2.22. The van der Waals surface area contributed by atoms with Crippen molar-refractivity contribution in [2.75, 3.05) is 7.05 Å². The molecule has 1 N–H and O–H groups in total. The lowest BCUT2D eigenvalue weighted by molar-refractivity contribution is -0.121. The number of hydrogen-bond acceptors (Lipinski definition) is 4. The number of aldehydes is 1. The molecule has 3 amide bonds. The molecule has 22 heavy (non-hydrogen) atoms. The number of imide groups is 1. The Morgan fingerprint density at radius 3 is 2.14 bits per heavy atom. The lowest BCUT2D eigenvalue weighted by Gasteiger charge is -2.20. The highest BCUT2D eigenvalue weighted by Crippen LogP contribution is 2.27. The fourth-order valence-electron chi connectivity index (χ4n) is 2.22. The molecule has 116 valence electrons. The lowest BCUT2D eigenvalue weighted by atomic mass is 10.1. The number of halogens is 2. The summed E-state index contributed by atoms with van der Waals surface area (Å²) in [4.78, 5) is 47.3. The van der Waals surface area contributed by atoms with Crippen LogP contribution in [-0.2, 0) is 9.59 Å². The number of nitrogens with one attached hydrogen (secondary N) is 1. The van der Waals surface area contributed by atoms with Crippen LogP contribution in [0.15, 0.2) is 12.1 Å². The van der Waals surface area contributed by atoms with Crippen LogP contribution < -0.4 is 5.32 Å². The monoisotopic (exact) mass is 310 g/mol. The summed E-state index contributed by atoms with van der Waals surface area (Å²) in [5.41, 5.74) is -0.591. The predicted molar refractivity (Wildman–Crippen MR) is 70.0 cm³/mol. The van der Waals surface area contributed by atoms with E-state index in [2.05, 4.69) is 5.32 Å². The summed E-state index contributed by atoms with van der Waals surface area (Å²) < 4.78 is 26.4. The first kappa shape index (κ1) is 15.7. The molecule has 1 aliphatic heterocycles. The van der Waals surface area contributed by atoms with Gasteiger partial charge >= 0.3 is 0 Å². The Balaban J connectivity index is 2.29. The van der Waals surface area contributed by atoms with Gasteiger partial charge in [-0.05, 0) is 18.6 Å². The van der Waals surface area contributed by atoms with Gasteiger partial charge in [0.25, 0.3) is 11.8 Å². The lowest BCUT2D eigenvalue weighted by Crippen LogP contribution is -2.41. The summed E-state index contributed by atoms with van der Waals surface area (Å²) in [6.07, 6.45) is 0.215. The van der Waals surface area contributed by atoms with Crippen molar-refractivity contribution in [1.29, 1.82) is 0 Å². The number of benzene rings is 1. The van der Waals surface area contributed by atoms with Crippen molar-refractivity contribution in [1.82, 2.24) is 10.2 Å². The molecule has 1 aromatic carbocycles. The minimum Gasteiger partial charge on any atom is -0.359 e. The molecule has 0 fully saturated rings. The molecule has 0 radical (unpaired) electrons. The Kier molecular flexibility index (Phi) is 4.30. The van der Waals surface area contributed by atoms with Gasteiger partial charge in [-0.3, -0.25) is 19.3 Å². The zero-order valence-electron chi connectivity index (χ0n) is 11.6. The quantitative estimate of drug-likeness (QED) is 0.639. The number of fused-ring (bicyclic) bond motifs is 1. The van der Waals surface area contributed by atoms with Crippen LogP contribution in [0.2, 0.25) is 0 Å². The molecule has 1 atom stereocenters. The van der Waals surface area contributed by atoms with Crippen LogP contribution in [0.4, 0.5) is 8.78 Å².